The van der Waals surface area contributed by atoms with Gasteiger partial charge in [-0.1, -0.05) is 44.9 Å². The predicted octanol–water partition coefficient (Wildman–Crippen LogP) is 3.49. The summed E-state index contributed by atoms with van der Waals surface area (Å²) in [5.41, 5.74) is 0.475. The lowest BCUT2D eigenvalue weighted by atomic mass is 9.96. The topological polar surface area (TPSA) is 126 Å². The van der Waals surface area contributed by atoms with Gasteiger partial charge >= 0.3 is 0 Å². The number of pyridine rings is 1. The summed E-state index contributed by atoms with van der Waals surface area (Å²) in [7, 11) is -4.06. The molecule has 30 heavy (non-hydrogen) atoms. The minimum atomic E-state index is -4.06. The summed E-state index contributed by atoms with van der Waals surface area (Å²) < 4.78 is 28.6. The van der Waals surface area contributed by atoms with Gasteiger partial charge in [-0.3, -0.25) is 19.8 Å². The van der Waals surface area contributed by atoms with Gasteiger partial charge in [0.25, 0.3) is 16.2 Å². The van der Waals surface area contributed by atoms with E-state index >= 15 is 0 Å². The molecule has 2 aliphatic rings. The van der Waals surface area contributed by atoms with E-state index < -0.39 is 14.9 Å². The molecule has 0 unspecified atom stereocenters. The van der Waals surface area contributed by atoms with E-state index in [0.717, 1.165) is 57.8 Å². The molecule has 0 aliphatic heterocycles. The zero-order chi connectivity index (χ0) is 21.4. The van der Waals surface area contributed by atoms with Crippen LogP contribution in [0.1, 0.15) is 70.6 Å². The van der Waals surface area contributed by atoms with Crippen molar-refractivity contribution in [2.45, 2.75) is 87.6 Å². The number of nitrogens with one attached hydrogen (secondary N) is 3. The highest BCUT2D eigenvalue weighted by atomic mass is 32.2. The van der Waals surface area contributed by atoms with Crippen molar-refractivity contribution in [1.29, 1.82) is 0 Å². The molecule has 10 heteroatoms. The molecule has 1 aromatic rings. The first-order valence-corrected chi connectivity index (χ1v) is 12.3. The minimum Gasteiger partial charge on any atom is -0.381 e. The Hall–Kier alpha value is -2.36. The van der Waals surface area contributed by atoms with Crippen molar-refractivity contribution in [2.24, 2.45) is 0 Å². The van der Waals surface area contributed by atoms with Crippen molar-refractivity contribution in [3.63, 3.8) is 0 Å². The van der Waals surface area contributed by atoms with Gasteiger partial charge in [0.1, 0.15) is 4.90 Å². The monoisotopic (exact) mass is 437 g/mol. The van der Waals surface area contributed by atoms with Crippen molar-refractivity contribution < 1.29 is 13.3 Å². The van der Waals surface area contributed by atoms with Gasteiger partial charge in [0.2, 0.25) is 0 Å². The number of hydrogen-bond acceptors (Lipinski definition) is 7. The predicted molar refractivity (Wildman–Crippen MR) is 115 cm³/mol. The average Bonchev–Trinajstić information content (AvgIpc) is 2.97. The van der Waals surface area contributed by atoms with Gasteiger partial charge in [0.05, 0.1) is 10.6 Å². The molecule has 3 N–H and O–H groups in total. The first-order chi connectivity index (χ1) is 14.4. The fourth-order valence-corrected chi connectivity index (χ4v) is 5.35. The number of anilines is 1. The fraction of sp³-hybridized carbons (Fsp3) is 0.650. The molecule has 0 atom stereocenters. The standard InChI is InChI=1S/C20H31N5O4S/c26-25(27)15-20(23-17-10-6-3-7-11-17)24-30(28,29)19-14-21-13-12-18(19)22-16-8-4-1-2-5-9-16/h12-17,23-24H,1-11H2,(H,21,22)/b20-15-. The van der Waals surface area contributed by atoms with Crippen LogP contribution in [0.15, 0.2) is 35.4 Å². The smallest absolute Gasteiger partial charge is 0.275 e. The fourth-order valence-electron chi connectivity index (χ4n) is 4.22. The Labute approximate surface area is 177 Å². The Morgan fingerprint density at radius 3 is 2.27 bits per heavy atom. The maximum absolute atomic E-state index is 13.1. The van der Waals surface area contributed by atoms with Crippen LogP contribution in [0.25, 0.3) is 0 Å². The third kappa shape index (κ3) is 6.58. The molecule has 166 valence electrons. The van der Waals surface area contributed by atoms with Crippen molar-refractivity contribution in [3.05, 3.63) is 40.6 Å². The number of rotatable bonds is 8. The van der Waals surface area contributed by atoms with Gasteiger partial charge in [-0.05, 0) is 31.7 Å². The third-order valence-corrected chi connectivity index (χ3v) is 7.13. The number of hydrogen-bond donors (Lipinski definition) is 3. The van der Waals surface area contributed by atoms with Crippen molar-refractivity contribution >= 4 is 15.7 Å². The molecule has 9 nitrogen and oxygen atoms in total. The molecule has 0 saturated heterocycles. The zero-order valence-corrected chi connectivity index (χ0v) is 18.0. The molecular weight excluding hydrogens is 406 g/mol. The quantitative estimate of drug-likeness (QED) is 0.323. The number of aromatic nitrogens is 1. The molecule has 0 amide bonds. The van der Waals surface area contributed by atoms with E-state index in [2.05, 4.69) is 20.3 Å². The molecule has 0 radical (unpaired) electrons. The molecule has 0 spiro atoms. The summed E-state index contributed by atoms with van der Waals surface area (Å²) in [6.45, 7) is 0. The van der Waals surface area contributed by atoms with E-state index in [4.69, 9.17) is 0 Å². The lowest BCUT2D eigenvalue weighted by Gasteiger charge is -2.25. The highest BCUT2D eigenvalue weighted by Gasteiger charge is 2.25. The summed E-state index contributed by atoms with van der Waals surface area (Å²) in [6, 6.07) is 1.87. The van der Waals surface area contributed by atoms with Crippen LogP contribution in [0.3, 0.4) is 0 Å². The van der Waals surface area contributed by atoms with Gasteiger partial charge in [0.15, 0.2) is 5.82 Å². The number of sulfonamides is 1. The van der Waals surface area contributed by atoms with Crippen LogP contribution in [0.5, 0.6) is 0 Å². The Morgan fingerprint density at radius 2 is 1.63 bits per heavy atom. The first kappa shape index (κ1) is 22.3. The Balaban J connectivity index is 1.78. The third-order valence-electron chi connectivity index (χ3n) is 5.73. The Morgan fingerprint density at radius 1 is 1.03 bits per heavy atom. The summed E-state index contributed by atoms with van der Waals surface area (Å²) in [4.78, 5) is 14.4. The summed E-state index contributed by atoms with van der Waals surface area (Å²) in [5, 5.41) is 17.4. The summed E-state index contributed by atoms with van der Waals surface area (Å²) in [6.07, 6.45) is 15.0. The van der Waals surface area contributed by atoms with Crippen LogP contribution in [0, 0.1) is 10.1 Å². The van der Waals surface area contributed by atoms with Gasteiger partial charge in [-0.2, -0.15) is 0 Å². The SMILES string of the molecule is O=[N+]([O-])/C=C(/NC1CCCCC1)NS(=O)(=O)c1cnccc1NC1CCCCCC1. The second-order valence-electron chi connectivity index (χ2n) is 8.12. The molecule has 0 bridgehead atoms. The van der Waals surface area contributed by atoms with Crippen LogP contribution >= 0.6 is 0 Å². The second-order valence-corrected chi connectivity index (χ2v) is 9.77. The second kappa shape index (κ2) is 10.6. The average molecular weight is 438 g/mol. The summed E-state index contributed by atoms with van der Waals surface area (Å²) >= 11 is 0. The molecule has 0 aromatic carbocycles. The molecule has 2 aliphatic carbocycles. The lowest BCUT2D eigenvalue weighted by Crippen LogP contribution is -2.39. The van der Waals surface area contributed by atoms with E-state index in [0.29, 0.717) is 11.9 Å². The van der Waals surface area contributed by atoms with Crippen LogP contribution in [-0.2, 0) is 10.0 Å². The van der Waals surface area contributed by atoms with Crippen molar-refractivity contribution in [2.75, 3.05) is 5.32 Å². The molecule has 2 saturated carbocycles. The van der Waals surface area contributed by atoms with Crippen molar-refractivity contribution in [1.82, 2.24) is 15.0 Å². The van der Waals surface area contributed by atoms with Gasteiger partial charge in [-0.15, -0.1) is 0 Å². The lowest BCUT2D eigenvalue weighted by molar-refractivity contribution is -0.404. The van der Waals surface area contributed by atoms with E-state index in [1.54, 1.807) is 12.3 Å². The van der Waals surface area contributed by atoms with E-state index in [1.807, 2.05) is 0 Å². The van der Waals surface area contributed by atoms with E-state index in [-0.39, 0.29) is 22.8 Å². The largest absolute Gasteiger partial charge is 0.381 e. The van der Waals surface area contributed by atoms with E-state index in [1.165, 1.54) is 19.0 Å². The van der Waals surface area contributed by atoms with E-state index in [9.17, 15) is 18.5 Å². The first-order valence-electron chi connectivity index (χ1n) is 10.8. The molecule has 1 aromatic heterocycles. The molecule has 2 fully saturated rings. The molecule has 3 rings (SSSR count). The minimum absolute atomic E-state index is 0.00561. The highest BCUT2D eigenvalue weighted by Crippen LogP contribution is 2.26. The molecular formula is C20H31N5O4S. The number of nitrogens with zero attached hydrogens (tertiary/aromatic N) is 2. The normalized spacial score (nSPS) is 19.7. The Kier molecular flexibility index (Phi) is 7.89. The Bertz CT molecular complexity index is 845. The number of nitro groups is 1. The maximum Gasteiger partial charge on any atom is 0.275 e. The van der Waals surface area contributed by atoms with Crippen LogP contribution in [-0.4, -0.2) is 30.4 Å². The zero-order valence-electron chi connectivity index (χ0n) is 17.2. The maximum atomic E-state index is 13.1. The highest BCUT2D eigenvalue weighted by molar-refractivity contribution is 7.89. The van der Waals surface area contributed by atoms with Crippen LogP contribution in [0.4, 0.5) is 5.69 Å². The van der Waals surface area contributed by atoms with Crippen LogP contribution in [0.2, 0.25) is 0 Å². The summed E-state index contributed by atoms with van der Waals surface area (Å²) in [5.74, 6) is -0.115. The van der Waals surface area contributed by atoms with Crippen LogP contribution < -0.4 is 15.4 Å². The van der Waals surface area contributed by atoms with Crippen molar-refractivity contribution in [3.8, 4) is 0 Å². The van der Waals surface area contributed by atoms with Gasteiger partial charge < -0.3 is 10.6 Å². The van der Waals surface area contributed by atoms with Gasteiger partial charge in [-0.25, -0.2) is 8.42 Å². The van der Waals surface area contributed by atoms with Gasteiger partial charge in [0, 0.05) is 24.5 Å². The molecule has 1 heterocycles.